The van der Waals surface area contributed by atoms with E-state index in [2.05, 4.69) is 5.32 Å². The van der Waals surface area contributed by atoms with Crippen LogP contribution in [0, 0.1) is 0 Å². The van der Waals surface area contributed by atoms with Gasteiger partial charge in [0, 0.05) is 12.2 Å². The van der Waals surface area contributed by atoms with Gasteiger partial charge in [-0.15, -0.1) is 0 Å². The Morgan fingerprint density at radius 3 is 2.32 bits per heavy atom. The number of hydrogen-bond donors (Lipinski definition) is 2. The Bertz CT molecular complexity index is 594. The SMILES string of the molecule is NCc1ccccc1NC(=O)c1c(Cl)cccc1Cl. The van der Waals surface area contributed by atoms with Crippen molar-refractivity contribution in [3.8, 4) is 0 Å². The molecule has 2 rings (SSSR count). The topological polar surface area (TPSA) is 55.1 Å². The predicted octanol–water partition coefficient (Wildman–Crippen LogP) is 3.70. The fourth-order valence-corrected chi connectivity index (χ4v) is 2.29. The summed E-state index contributed by atoms with van der Waals surface area (Å²) in [6.45, 7) is 0.340. The van der Waals surface area contributed by atoms with Crippen LogP contribution in [0.2, 0.25) is 10.0 Å². The maximum atomic E-state index is 12.2. The van der Waals surface area contributed by atoms with E-state index in [4.69, 9.17) is 28.9 Å². The van der Waals surface area contributed by atoms with E-state index in [1.165, 1.54) is 0 Å². The molecule has 0 saturated carbocycles. The molecule has 98 valence electrons. The molecule has 0 heterocycles. The second-order valence-electron chi connectivity index (χ2n) is 3.91. The van der Waals surface area contributed by atoms with Crippen molar-refractivity contribution < 1.29 is 4.79 Å². The molecule has 2 aromatic carbocycles. The summed E-state index contributed by atoms with van der Waals surface area (Å²) >= 11 is 12.0. The number of anilines is 1. The van der Waals surface area contributed by atoms with Crippen LogP contribution in [0.4, 0.5) is 5.69 Å². The maximum Gasteiger partial charge on any atom is 0.258 e. The molecule has 0 fully saturated rings. The monoisotopic (exact) mass is 294 g/mol. The number of benzene rings is 2. The average Bonchev–Trinajstić information content (AvgIpc) is 2.39. The van der Waals surface area contributed by atoms with Crippen LogP contribution in [0.3, 0.4) is 0 Å². The Kier molecular flexibility index (Phi) is 4.43. The molecule has 0 aromatic heterocycles. The third kappa shape index (κ3) is 3.07. The number of hydrogen-bond acceptors (Lipinski definition) is 2. The molecule has 0 aliphatic heterocycles. The molecular formula is C14H12Cl2N2O. The number of amides is 1. The van der Waals surface area contributed by atoms with Gasteiger partial charge in [-0.2, -0.15) is 0 Å². The molecule has 2 aromatic rings. The van der Waals surface area contributed by atoms with Crippen LogP contribution >= 0.6 is 23.2 Å². The molecular weight excluding hydrogens is 283 g/mol. The number of para-hydroxylation sites is 1. The molecule has 0 bridgehead atoms. The minimum Gasteiger partial charge on any atom is -0.326 e. The molecule has 3 N–H and O–H groups in total. The van der Waals surface area contributed by atoms with Crippen molar-refractivity contribution in [1.82, 2.24) is 0 Å². The lowest BCUT2D eigenvalue weighted by atomic mass is 10.1. The molecule has 1 amide bonds. The summed E-state index contributed by atoms with van der Waals surface area (Å²) in [4.78, 5) is 12.2. The van der Waals surface area contributed by atoms with Gasteiger partial charge in [0.15, 0.2) is 0 Å². The van der Waals surface area contributed by atoms with E-state index in [0.29, 0.717) is 22.3 Å². The van der Waals surface area contributed by atoms with E-state index in [0.717, 1.165) is 5.56 Å². The summed E-state index contributed by atoms with van der Waals surface area (Å²) in [6, 6.07) is 12.3. The van der Waals surface area contributed by atoms with Gasteiger partial charge >= 0.3 is 0 Å². The standard InChI is InChI=1S/C14H12Cl2N2O/c15-10-5-3-6-11(16)13(10)14(19)18-12-7-2-1-4-9(12)8-17/h1-7H,8,17H2,(H,18,19). The Hall–Kier alpha value is -1.55. The molecule has 0 aliphatic carbocycles. The zero-order chi connectivity index (χ0) is 13.8. The summed E-state index contributed by atoms with van der Waals surface area (Å²) in [6.07, 6.45) is 0. The molecule has 5 heteroatoms. The first-order chi connectivity index (χ1) is 9.13. The van der Waals surface area contributed by atoms with Crippen LogP contribution < -0.4 is 11.1 Å². The third-order valence-electron chi connectivity index (χ3n) is 2.68. The highest BCUT2D eigenvalue weighted by atomic mass is 35.5. The molecule has 0 aliphatic rings. The van der Waals surface area contributed by atoms with Crippen LogP contribution in [0.25, 0.3) is 0 Å². The summed E-state index contributed by atoms with van der Waals surface area (Å²) in [5.74, 6) is -0.350. The number of carbonyl (C=O) groups excluding carboxylic acids is 1. The van der Waals surface area contributed by atoms with Crippen molar-refractivity contribution in [3.05, 3.63) is 63.6 Å². The van der Waals surface area contributed by atoms with Crippen LogP contribution in [-0.4, -0.2) is 5.91 Å². The fourth-order valence-electron chi connectivity index (χ4n) is 1.72. The number of halogens is 2. The quantitative estimate of drug-likeness (QED) is 0.907. The van der Waals surface area contributed by atoms with Gasteiger partial charge in [-0.05, 0) is 23.8 Å². The van der Waals surface area contributed by atoms with Gasteiger partial charge in [0.25, 0.3) is 5.91 Å². The predicted molar refractivity (Wildman–Crippen MR) is 78.7 cm³/mol. The number of carbonyl (C=O) groups is 1. The van der Waals surface area contributed by atoms with Gasteiger partial charge in [-0.3, -0.25) is 4.79 Å². The van der Waals surface area contributed by atoms with Gasteiger partial charge in [0.1, 0.15) is 0 Å². The van der Waals surface area contributed by atoms with E-state index in [1.54, 1.807) is 24.3 Å². The zero-order valence-corrected chi connectivity index (χ0v) is 11.5. The normalized spacial score (nSPS) is 10.3. The largest absolute Gasteiger partial charge is 0.326 e. The highest BCUT2D eigenvalue weighted by molar-refractivity contribution is 6.40. The van der Waals surface area contributed by atoms with E-state index < -0.39 is 0 Å². The second-order valence-corrected chi connectivity index (χ2v) is 4.73. The smallest absolute Gasteiger partial charge is 0.258 e. The minimum atomic E-state index is -0.350. The second kappa shape index (κ2) is 6.06. The fraction of sp³-hybridized carbons (Fsp3) is 0.0714. The highest BCUT2D eigenvalue weighted by Crippen LogP contribution is 2.25. The first-order valence-corrected chi connectivity index (χ1v) is 6.42. The van der Waals surface area contributed by atoms with E-state index >= 15 is 0 Å². The van der Waals surface area contributed by atoms with Crippen LogP contribution in [0.15, 0.2) is 42.5 Å². The number of nitrogens with two attached hydrogens (primary N) is 1. The first-order valence-electron chi connectivity index (χ1n) is 5.67. The average molecular weight is 295 g/mol. The van der Waals surface area contributed by atoms with Gasteiger partial charge < -0.3 is 11.1 Å². The molecule has 0 radical (unpaired) electrons. The lowest BCUT2D eigenvalue weighted by molar-refractivity contribution is 0.102. The Morgan fingerprint density at radius 2 is 1.68 bits per heavy atom. The zero-order valence-electron chi connectivity index (χ0n) is 9.99. The van der Waals surface area contributed by atoms with Crippen molar-refractivity contribution >= 4 is 34.8 Å². The third-order valence-corrected chi connectivity index (χ3v) is 3.31. The summed E-state index contributed by atoms with van der Waals surface area (Å²) < 4.78 is 0. The van der Waals surface area contributed by atoms with Gasteiger partial charge in [-0.1, -0.05) is 47.5 Å². The summed E-state index contributed by atoms with van der Waals surface area (Å²) in [5, 5.41) is 3.40. The Morgan fingerprint density at radius 1 is 1.05 bits per heavy atom. The molecule has 0 unspecified atom stereocenters. The number of rotatable bonds is 3. The Labute approximate surface area is 121 Å². The maximum absolute atomic E-state index is 12.2. The molecule has 0 atom stereocenters. The van der Waals surface area contributed by atoms with E-state index in [9.17, 15) is 4.79 Å². The number of nitrogens with one attached hydrogen (secondary N) is 1. The van der Waals surface area contributed by atoms with Crippen molar-refractivity contribution in [2.75, 3.05) is 5.32 Å². The van der Waals surface area contributed by atoms with E-state index in [1.807, 2.05) is 18.2 Å². The van der Waals surface area contributed by atoms with Gasteiger partial charge in [-0.25, -0.2) is 0 Å². The summed E-state index contributed by atoms with van der Waals surface area (Å²) in [7, 11) is 0. The molecule has 0 spiro atoms. The summed E-state index contributed by atoms with van der Waals surface area (Å²) in [5.41, 5.74) is 7.39. The van der Waals surface area contributed by atoms with E-state index in [-0.39, 0.29) is 11.5 Å². The first kappa shape index (κ1) is 13.9. The highest BCUT2D eigenvalue weighted by Gasteiger charge is 2.15. The van der Waals surface area contributed by atoms with Crippen molar-refractivity contribution in [1.29, 1.82) is 0 Å². The molecule has 3 nitrogen and oxygen atoms in total. The van der Waals surface area contributed by atoms with Crippen molar-refractivity contribution in [2.45, 2.75) is 6.54 Å². The molecule has 0 saturated heterocycles. The molecule has 19 heavy (non-hydrogen) atoms. The van der Waals surface area contributed by atoms with Crippen LogP contribution in [0.5, 0.6) is 0 Å². The lowest BCUT2D eigenvalue weighted by Crippen LogP contribution is -2.15. The Balaban J connectivity index is 2.31. The van der Waals surface area contributed by atoms with Gasteiger partial charge in [0.2, 0.25) is 0 Å². The van der Waals surface area contributed by atoms with Gasteiger partial charge in [0.05, 0.1) is 15.6 Å². The van der Waals surface area contributed by atoms with Crippen LogP contribution in [0.1, 0.15) is 15.9 Å². The minimum absolute atomic E-state index is 0.262. The van der Waals surface area contributed by atoms with Crippen LogP contribution in [-0.2, 0) is 6.54 Å². The lowest BCUT2D eigenvalue weighted by Gasteiger charge is -2.11. The van der Waals surface area contributed by atoms with Crippen molar-refractivity contribution in [3.63, 3.8) is 0 Å². The van der Waals surface area contributed by atoms with Crippen molar-refractivity contribution in [2.24, 2.45) is 5.73 Å².